The van der Waals surface area contributed by atoms with Gasteiger partial charge in [0, 0.05) is 24.8 Å². The quantitative estimate of drug-likeness (QED) is 0.478. The van der Waals surface area contributed by atoms with Crippen molar-refractivity contribution in [3.8, 4) is 22.8 Å². The Bertz CT molecular complexity index is 1370. The van der Waals surface area contributed by atoms with Gasteiger partial charge in [0.2, 0.25) is 11.7 Å². The number of likely N-dealkylation sites (tertiary alicyclic amines) is 1. The van der Waals surface area contributed by atoms with E-state index in [9.17, 15) is 9.59 Å². The smallest absolute Gasteiger partial charge is 0.341 e. The Balaban J connectivity index is 1.46. The van der Waals surface area contributed by atoms with Crippen molar-refractivity contribution in [2.45, 2.75) is 33.7 Å². The second-order valence-corrected chi connectivity index (χ2v) is 9.09. The van der Waals surface area contributed by atoms with E-state index in [1.807, 2.05) is 36.1 Å². The number of hydrogen-bond donors (Lipinski definition) is 0. The summed E-state index contributed by atoms with van der Waals surface area (Å²) in [6.45, 7) is 7.61. The molecular formula is C24H26N6O3. The topological polar surface area (TPSA) is 98.5 Å². The monoisotopic (exact) mass is 446 g/mol. The van der Waals surface area contributed by atoms with E-state index in [2.05, 4.69) is 29.1 Å². The Morgan fingerprint density at radius 2 is 1.94 bits per heavy atom. The molecule has 0 saturated carbocycles. The summed E-state index contributed by atoms with van der Waals surface area (Å²) >= 11 is 0. The third-order valence-electron chi connectivity index (χ3n) is 6.05. The normalized spacial score (nSPS) is 18.7. The standard InChI is InChI=1S/C24H26N6O3/c1-15-6-4-7-18(11-15)21-25-23(33-27-21)19-8-5-9-29-22(19)26-30(24(29)32)14-20(31)28-12-16(2)10-17(3)13-28/h4-9,11,16-17H,10,12-14H2,1-3H3/t16-,17-/m1/s1. The number of carbonyl (C=O) groups excluding carboxylic acids is 1. The highest BCUT2D eigenvalue weighted by atomic mass is 16.5. The van der Waals surface area contributed by atoms with Crippen molar-refractivity contribution in [2.75, 3.05) is 13.1 Å². The van der Waals surface area contributed by atoms with Gasteiger partial charge >= 0.3 is 5.69 Å². The Labute approximate surface area is 190 Å². The minimum atomic E-state index is -0.378. The largest absolute Gasteiger partial charge is 0.350 e. The number of aromatic nitrogens is 5. The fraction of sp³-hybridized carbons (Fsp3) is 0.375. The van der Waals surface area contributed by atoms with Gasteiger partial charge in [0.05, 0.1) is 5.56 Å². The van der Waals surface area contributed by atoms with E-state index in [1.54, 1.807) is 18.3 Å². The van der Waals surface area contributed by atoms with E-state index in [-0.39, 0.29) is 24.0 Å². The molecule has 9 nitrogen and oxygen atoms in total. The minimum absolute atomic E-state index is 0.0972. The van der Waals surface area contributed by atoms with Crippen molar-refractivity contribution < 1.29 is 9.32 Å². The summed E-state index contributed by atoms with van der Waals surface area (Å²) in [4.78, 5) is 32.2. The van der Waals surface area contributed by atoms with Crippen LogP contribution >= 0.6 is 0 Å². The first-order valence-electron chi connectivity index (χ1n) is 11.2. The number of pyridine rings is 1. The van der Waals surface area contributed by atoms with Gasteiger partial charge in [-0.15, -0.1) is 5.10 Å². The Morgan fingerprint density at radius 3 is 2.70 bits per heavy atom. The fourth-order valence-corrected chi connectivity index (χ4v) is 4.64. The van der Waals surface area contributed by atoms with E-state index in [0.29, 0.717) is 42.0 Å². The zero-order valence-corrected chi connectivity index (χ0v) is 18.9. The summed E-state index contributed by atoms with van der Waals surface area (Å²) in [6, 6.07) is 11.3. The van der Waals surface area contributed by atoms with Crippen LogP contribution in [0.4, 0.5) is 0 Å². The highest BCUT2D eigenvalue weighted by Gasteiger charge is 2.26. The van der Waals surface area contributed by atoms with Crippen LogP contribution in [0.2, 0.25) is 0 Å². The number of hydrogen-bond acceptors (Lipinski definition) is 6. The molecule has 1 saturated heterocycles. The summed E-state index contributed by atoms with van der Waals surface area (Å²) < 4.78 is 8.12. The summed E-state index contributed by atoms with van der Waals surface area (Å²) in [5.41, 5.74) is 2.46. The van der Waals surface area contributed by atoms with E-state index in [1.165, 1.54) is 9.08 Å². The molecule has 0 bridgehead atoms. The molecule has 1 amide bonds. The van der Waals surface area contributed by atoms with E-state index in [4.69, 9.17) is 4.52 Å². The van der Waals surface area contributed by atoms with Crippen molar-refractivity contribution in [1.29, 1.82) is 0 Å². The number of nitrogens with zero attached hydrogens (tertiary/aromatic N) is 6. The Hall–Kier alpha value is -3.75. The summed E-state index contributed by atoms with van der Waals surface area (Å²) in [7, 11) is 0. The number of benzene rings is 1. The first kappa shape index (κ1) is 21.1. The lowest BCUT2D eigenvalue weighted by molar-refractivity contribution is -0.134. The van der Waals surface area contributed by atoms with Crippen LogP contribution < -0.4 is 5.69 Å². The molecular weight excluding hydrogens is 420 g/mol. The van der Waals surface area contributed by atoms with Gasteiger partial charge in [0.25, 0.3) is 5.89 Å². The van der Waals surface area contributed by atoms with Gasteiger partial charge < -0.3 is 9.42 Å². The second kappa shape index (κ2) is 8.31. The molecule has 0 aliphatic carbocycles. The maximum atomic E-state index is 12.9. The lowest BCUT2D eigenvalue weighted by Gasteiger charge is -2.34. The van der Waals surface area contributed by atoms with Crippen molar-refractivity contribution in [2.24, 2.45) is 11.8 Å². The SMILES string of the molecule is Cc1cccc(-c2noc(-c3cccn4c(=O)n(CC(=O)N5C[C@H](C)C[C@@H](C)C5)nc34)n2)c1. The molecule has 1 aliphatic heterocycles. The van der Waals surface area contributed by atoms with Crippen LogP contribution in [0.25, 0.3) is 28.5 Å². The van der Waals surface area contributed by atoms with E-state index < -0.39 is 0 Å². The molecule has 4 heterocycles. The minimum Gasteiger partial charge on any atom is -0.341 e. The second-order valence-electron chi connectivity index (χ2n) is 9.09. The number of piperidine rings is 1. The molecule has 170 valence electrons. The molecule has 0 unspecified atom stereocenters. The molecule has 0 radical (unpaired) electrons. The van der Waals surface area contributed by atoms with Crippen molar-refractivity contribution in [3.05, 3.63) is 58.6 Å². The molecule has 5 rings (SSSR count). The number of amides is 1. The van der Waals surface area contributed by atoms with Crippen LogP contribution in [-0.4, -0.2) is 48.2 Å². The van der Waals surface area contributed by atoms with Gasteiger partial charge in [-0.25, -0.2) is 13.9 Å². The summed E-state index contributed by atoms with van der Waals surface area (Å²) in [6.07, 6.45) is 2.73. The predicted octanol–water partition coefficient (Wildman–Crippen LogP) is 3.03. The van der Waals surface area contributed by atoms with Crippen LogP contribution in [0.5, 0.6) is 0 Å². The zero-order valence-electron chi connectivity index (χ0n) is 18.9. The maximum Gasteiger partial charge on any atom is 0.350 e. The first-order valence-corrected chi connectivity index (χ1v) is 11.2. The van der Waals surface area contributed by atoms with Crippen molar-refractivity contribution in [3.63, 3.8) is 0 Å². The van der Waals surface area contributed by atoms with Crippen LogP contribution in [0.3, 0.4) is 0 Å². The predicted molar refractivity (Wildman–Crippen MR) is 122 cm³/mol. The fourth-order valence-electron chi connectivity index (χ4n) is 4.64. The molecule has 1 aliphatic rings. The molecule has 33 heavy (non-hydrogen) atoms. The third kappa shape index (κ3) is 4.06. The van der Waals surface area contributed by atoms with Crippen LogP contribution in [0, 0.1) is 18.8 Å². The average Bonchev–Trinajstić information content (AvgIpc) is 3.39. The lowest BCUT2D eigenvalue weighted by atomic mass is 9.92. The average molecular weight is 447 g/mol. The highest BCUT2D eigenvalue weighted by Crippen LogP contribution is 2.25. The van der Waals surface area contributed by atoms with Gasteiger partial charge in [-0.1, -0.05) is 42.8 Å². The molecule has 0 spiro atoms. The van der Waals surface area contributed by atoms with Gasteiger partial charge in [0.15, 0.2) is 5.65 Å². The number of fused-ring (bicyclic) bond motifs is 1. The molecule has 1 fully saturated rings. The molecule has 0 N–H and O–H groups in total. The molecule has 1 aromatic carbocycles. The first-order chi connectivity index (χ1) is 15.9. The third-order valence-corrected chi connectivity index (χ3v) is 6.05. The van der Waals surface area contributed by atoms with Crippen LogP contribution in [0.15, 0.2) is 51.9 Å². The summed E-state index contributed by atoms with van der Waals surface area (Å²) in [5.74, 6) is 1.52. The Kier molecular flexibility index (Phi) is 5.32. The van der Waals surface area contributed by atoms with Crippen LogP contribution in [0.1, 0.15) is 25.8 Å². The highest BCUT2D eigenvalue weighted by molar-refractivity contribution is 5.76. The van der Waals surface area contributed by atoms with Crippen molar-refractivity contribution >= 4 is 11.6 Å². The number of aryl methyl sites for hydroxylation is 1. The van der Waals surface area contributed by atoms with Gasteiger partial charge in [-0.2, -0.15) is 4.98 Å². The van der Waals surface area contributed by atoms with E-state index in [0.717, 1.165) is 17.5 Å². The molecule has 2 atom stereocenters. The van der Waals surface area contributed by atoms with Gasteiger partial charge in [0.1, 0.15) is 6.54 Å². The van der Waals surface area contributed by atoms with Crippen LogP contribution in [-0.2, 0) is 11.3 Å². The molecule has 4 aromatic rings. The molecule has 3 aromatic heterocycles. The summed E-state index contributed by atoms with van der Waals surface area (Å²) in [5, 5.41) is 8.54. The Morgan fingerprint density at radius 1 is 1.15 bits per heavy atom. The van der Waals surface area contributed by atoms with Gasteiger partial charge in [-0.3, -0.25) is 4.79 Å². The maximum absolute atomic E-state index is 12.9. The number of carbonyl (C=O) groups is 1. The number of rotatable bonds is 4. The molecule has 9 heteroatoms. The van der Waals surface area contributed by atoms with E-state index >= 15 is 0 Å². The lowest BCUT2D eigenvalue weighted by Crippen LogP contribution is -2.45. The van der Waals surface area contributed by atoms with Gasteiger partial charge in [-0.05, 0) is 43.4 Å². The van der Waals surface area contributed by atoms with Crippen molar-refractivity contribution in [1.82, 2.24) is 29.2 Å². The zero-order chi connectivity index (χ0) is 23.1.